The molecular weight excluding hydrogens is 324 g/mol. The van der Waals surface area contributed by atoms with E-state index < -0.39 is 0 Å². The number of anilines is 1. The van der Waals surface area contributed by atoms with Crippen molar-refractivity contribution in [3.63, 3.8) is 0 Å². The molecule has 0 radical (unpaired) electrons. The van der Waals surface area contributed by atoms with Crippen molar-refractivity contribution in [2.24, 2.45) is 5.10 Å². The Balaban J connectivity index is 1.53. The van der Waals surface area contributed by atoms with Gasteiger partial charge < -0.3 is 10.7 Å². The van der Waals surface area contributed by atoms with Crippen LogP contribution >= 0.6 is 0 Å². The summed E-state index contributed by atoms with van der Waals surface area (Å²) in [6, 6.07) is 18.9. The average molecular weight is 344 g/mol. The molecule has 5 nitrogen and oxygen atoms in total. The second-order valence-electron chi connectivity index (χ2n) is 5.89. The van der Waals surface area contributed by atoms with Gasteiger partial charge in [-0.05, 0) is 54.4 Å². The lowest BCUT2D eigenvalue weighted by atomic mass is 10.1. The second kappa shape index (κ2) is 8.58. The molecular formula is C21H20N4O. The van der Waals surface area contributed by atoms with Gasteiger partial charge in [0.05, 0.1) is 12.8 Å². The van der Waals surface area contributed by atoms with Crippen LogP contribution in [0.3, 0.4) is 0 Å². The molecule has 0 aliphatic rings. The lowest BCUT2D eigenvalue weighted by molar-refractivity contribution is 0.102. The highest BCUT2D eigenvalue weighted by Crippen LogP contribution is 2.11. The monoisotopic (exact) mass is 344 g/mol. The lowest BCUT2D eigenvalue weighted by Crippen LogP contribution is -2.11. The van der Waals surface area contributed by atoms with E-state index in [1.54, 1.807) is 30.7 Å². The van der Waals surface area contributed by atoms with Crippen molar-refractivity contribution in [1.82, 2.24) is 10.4 Å². The van der Waals surface area contributed by atoms with Crippen LogP contribution in [0, 0.1) is 6.92 Å². The summed E-state index contributed by atoms with van der Waals surface area (Å²) in [7, 11) is 0. The number of nitrogens with zero attached hydrogens (tertiary/aromatic N) is 2. The Morgan fingerprint density at radius 1 is 1.00 bits per heavy atom. The highest BCUT2D eigenvalue weighted by atomic mass is 16.1. The average Bonchev–Trinajstić information content (AvgIpc) is 2.68. The quantitative estimate of drug-likeness (QED) is 0.528. The zero-order valence-electron chi connectivity index (χ0n) is 14.5. The van der Waals surface area contributed by atoms with Crippen LogP contribution < -0.4 is 10.7 Å². The van der Waals surface area contributed by atoms with Crippen LogP contribution in [0.5, 0.6) is 0 Å². The summed E-state index contributed by atoms with van der Waals surface area (Å²) in [4.78, 5) is 16.2. The number of aromatic nitrogens is 1. The molecule has 130 valence electrons. The van der Waals surface area contributed by atoms with Crippen molar-refractivity contribution >= 4 is 17.8 Å². The molecule has 0 saturated carbocycles. The first-order valence-corrected chi connectivity index (χ1v) is 8.33. The second-order valence-corrected chi connectivity index (χ2v) is 5.89. The molecule has 26 heavy (non-hydrogen) atoms. The fourth-order valence-electron chi connectivity index (χ4n) is 2.32. The number of carbonyl (C=O) groups is 1. The molecule has 3 rings (SSSR count). The number of rotatable bonds is 6. The van der Waals surface area contributed by atoms with Gasteiger partial charge in [-0.15, -0.1) is 0 Å². The standard InChI is InChI=1S/C21H20N4O/c1-16-2-8-20(9-3-16)25-21(26)19-6-4-17(5-7-19)14-23-24-15-18-10-12-22-13-11-18/h2-14,24H,15H2,1H3,(H,25,26)/b23-14+. The zero-order valence-corrected chi connectivity index (χ0v) is 14.5. The minimum atomic E-state index is -0.131. The molecule has 0 aliphatic heterocycles. The molecule has 0 aliphatic carbocycles. The van der Waals surface area contributed by atoms with Gasteiger partial charge in [0.15, 0.2) is 0 Å². The van der Waals surface area contributed by atoms with Crippen molar-refractivity contribution in [2.75, 3.05) is 5.32 Å². The number of pyridine rings is 1. The Labute approximate surface area is 152 Å². The van der Waals surface area contributed by atoms with Gasteiger partial charge in [-0.3, -0.25) is 9.78 Å². The Bertz CT molecular complexity index is 872. The molecule has 0 atom stereocenters. The summed E-state index contributed by atoms with van der Waals surface area (Å²) >= 11 is 0. The van der Waals surface area contributed by atoms with E-state index in [4.69, 9.17) is 0 Å². The molecule has 2 aromatic carbocycles. The van der Waals surface area contributed by atoms with Crippen molar-refractivity contribution in [1.29, 1.82) is 0 Å². The minimum absolute atomic E-state index is 0.131. The van der Waals surface area contributed by atoms with E-state index in [0.717, 1.165) is 22.4 Å². The van der Waals surface area contributed by atoms with Gasteiger partial charge in [-0.25, -0.2) is 0 Å². The smallest absolute Gasteiger partial charge is 0.255 e. The van der Waals surface area contributed by atoms with E-state index in [-0.39, 0.29) is 5.91 Å². The fraction of sp³-hybridized carbons (Fsp3) is 0.0952. The van der Waals surface area contributed by atoms with Gasteiger partial charge in [-0.1, -0.05) is 29.8 Å². The highest BCUT2D eigenvalue weighted by molar-refractivity contribution is 6.04. The van der Waals surface area contributed by atoms with Crippen LogP contribution in [0.2, 0.25) is 0 Å². The summed E-state index contributed by atoms with van der Waals surface area (Å²) in [5.74, 6) is -0.131. The van der Waals surface area contributed by atoms with E-state index in [2.05, 4.69) is 20.8 Å². The zero-order chi connectivity index (χ0) is 18.2. The molecule has 1 amide bonds. The van der Waals surface area contributed by atoms with Crippen LogP contribution in [-0.4, -0.2) is 17.1 Å². The number of hydrogen-bond acceptors (Lipinski definition) is 4. The Kier molecular flexibility index (Phi) is 5.72. The van der Waals surface area contributed by atoms with Gasteiger partial charge in [0, 0.05) is 23.6 Å². The van der Waals surface area contributed by atoms with Crippen LogP contribution in [0.4, 0.5) is 5.69 Å². The molecule has 0 bridgehead atoms. The summed E-state index contributed by atoms with van der Waals surface area (Å²) in [6.07, 6.45) is 5.23. The molecule has 1 heterocycles. The minimum Gasteiger partial charge on any atom is -0.322 e. The summed E-state index contributed by atoms with van der Waals surface area (Å²) < 4.78 is 0. The molecule has 5 heteroatoms. The van der Waals surface area contributed by atoms with Crippen LogP contribution in [0.1, 0.15) is 27.0 Å². The predicted octanol–water partition coefficient (Wildman–Crippen LogP) is 3.77. The van der Waals surface area contributed by atoms with Gasteiger partial charge in [0.25, 0.3) is 5.91 Å². The fourth-order valence-corrected chi connectivity index (χ4v) is 2.32. The lowest BCUT2D eigenvalue weighted by Gasteiger charge is -2.06. The maximum absolute atomic E-state index is 12.3. The molecule has 0 fully saturated rings. The van der Waals surface area contributed by atoms with Crippen molar-refractivity contribution < 1.29 is 4.79 Å². The topological polar surface area (TPSA) is 66.4 Å². The Morgan fingerprint density at radius 3 is 2.38 bits per heavy atom. The number of hydrazone groups is 1. The summed E-state index contributed by atoms with van der Waals surface area (Å²) in [5, 5.41) is 7.08. The molecule has 3 aromatic rings. The van der Waals surface area contributed by atoms with Gasteiger partial charge >= 0.3 is 0 Å². The maximum Gasteiger partial charge on any atom is 0.255 e. The van der Waals surface area contributed by atoms with Gasteiger partial charge in [0.2, 0.25) is 0 Å². The normalized spacial score (nSPS) is 10.7. The predicted molar refractivity (Wildman–Crippen MR) is 104 cm³/mol. The first-order chi connectivity index (χ1) is 12.7. The van der Waals surface area contributed by atoms with E-state index in [0.29, 0.717) is 12.1 Å². The number of carbonyl (C=O) groups excluding carboxylic acids is 1. The number of aryl methyl sites for hydroxylation is 1. The molecule has 0 spiro atoms. The van der Waals surface area contributed by atoms with Crippen LogP contribution in [-0.2, 0) is 6.54 Å². The Hall–Kier alpha value is -3.47. The summed E-state index contributed by atoms with van der Waals surface area (Å²) in [5.41, 5.74) is 7.56. The molecule has 1 aromatic heterocycles. The molecule has 2 N–H and O–H groups in total. The van der Waals surface area contributed by atoms with Crippen molar-refractivity contribution in [3.8, 4) is 0 Å². The third-order valence-corrected chi connectivity index (χ3v) is 3.82. The van der Waals surface area contributed by atoms with Crippen LogP contribution in [0.25, 0.3) is 0 Å². The van der Waals surface area contributed by atoms with E-state index >= 15 is 0 Å². The number of amides is 1. The van der Waals surface area contributed by atoms with E-state index in [1.807, 2.05) is 55.5 Å². The maximum atomic E-state index is 12.3. The third-order valence-electron chi connectivity index (χ3n) is 3.82. The molecule has 0 unspecified atom stereocenters. The van der Waals surface area contributed by atoms with E-state index in [1.165, 1.54) is 0 Å². The third kappa shape index (κ3) is 5.01. The van der Waals surface area contributed by atoms with Crippen LogP contribution in [0.15, 0.2) is 78.2 Å². The number of hydrogen-bond donors (Lipinski definition) is 2. The van der Waals surface area contributed by atoms with Crippen molar-refractivity contribution in [2.45, 2.75) is 13.5 Å². The van der Waals surface area contributed by atoms with Crippen molar-refractivity contribution in [3.05, 3.63) is 95.3 Å². The number of nitrogens with one attached hydrogen (secondary N) is 2. The van der Waals surface area contributed by atoms with E-state index in [9.17, 15) is 4.79 Å². The first kappa shape index (κ1) is 17.4. The molecule has 0 saturated heterocycles. The first-order valence-electron chi connectivity index (χ1n) is 8.33. The SMILES string of the molecule is Cc1ccc(NC(=O)c2ccc(/C=N/NCc3ccncc3)cc2)cc1. The highest BCUT2D eigenvalue weighted by Gasteiger charge is 2.05. The largest absolute Gasteiger partial charge is 0.322 e. The van der Waals surface area contributed by atoms with Gasteiger partial charge in [-0.2, -0.15) is 5.10 Å². The summed E-state index contributed by atoms with van der Waals surface area (Å²) in [6.45, 7) is 2.65. The van der Waals surface area contributed by atoms with Gasteiger partial charge in [0.1, 0.15) is 0 Å². The number of benzene rings is 2. The Morgan fingerprint density at radius 2 is 1.69 bits per heavy atom.